The van der Waals surface area contributed by atoms with Crippen LogP contribution in [0.15, 0.2) is 36.5 Å². The van der Waals surface area contributed by atoms with E-state index in [9.17, 15) is 15.1 Å². The first kappa shape index (κ1) is 25.0. The number of carbonyl (C=O) groups is 1. The third-order valence-electron chi connectivity index (χ3n) is 7.53. The summed E-state index contributed by atoms with van der Waals surface area (Å²) in [5.74, 6) is 0.702. The Morgan fingerprint density at radius 2 is 2.05 bits per heavy atom. The lowest BCUT2D eigenvalue weighted by molar-refractivity contribution is -0.911. The normalized spacial score (nSPS) is 21.6. The van der Waals surface area contributed by atoms with Gasteiger partial charge in [0.05, 0.1) is 41.9 Å². The number of amides is 1. The second-order valence-corrected chi connectivity index (χ2v) is 10.8. The third-order valence-corrected chi connectivity index (χ3v) is 7.53. The van der Waals surface area contributed by atoms with Crippen LogP contribution in [0.4, 0.5) is 5.69 Å². The van der Waals surface area contributed by atoms with Gasteiger partial charge in [-0.2, -0.15) is 10.4 Å². The van der Waals surface area contributed by atoms with Crippen LogP contribution in [-0.4, -0.2) is 38.2 Å². The number of carbonyl (C=O) groups excluding carboxylic acids is 1. The molecule has 9 heteroatoms. The maximum absolute atomic E-state index is 13.2. The standard InChI is InChI=1S/C28H33N5O4/c1-18(2)24-4-3-5-25(33(24)36)27(34)30-23-14-20-16-32(21-8-10-28(35,11-9-21)12-13-29)31-22(20)15-26(23)37-17-19-6-7-19/h3-5,14-16,18-19,21,35H,6-12,17H2,1-2H3,(H-,30,34,36)/p+1/t21-,28-. The number of rotatable bonds is 8. The number of aromatic nitrogens is 3. The summed E-state index contributed by atoms with van der Waals surface area (Å²) in [6.07, 6.45) is 7.01. The topological polar surface area (TPSA) is 124 Å². The highest BCUT2D eigenvalue weighted by atomic mass is 16.5. The molecule has 0 atom stereocenters. The molecule has 3 N–H and O–H groups in total. The summed E-state index contributed by atoms with van der Waals surface area (Å²) in [4.78, 5) is 13.2. The minimum absolute atomic E-state index is 0.0491. The van der Waals surface area contributed by atoms with Crippen LogP contribution in [0.2, 0.25) is 0 Å². The first-order valence-electron chi connectivity index (χ1n) is 13.1. The molecule has 2 aromatic heterocycles. The molecule has 1 amide bonds. The molecule has 0 unspecified atom stereocenters. The lowest BCUT2D eigenvalue weighted by atomic mass is 9.80. The molecule has 37 heavy (non-hydrogen) atoms. The Hall–Kier alpha value is -3.64. The van der Waals surface area contributed by atoms with Crippen LogP contribution in [-0.2, 0) is 0 Å². The maximum Gasteiger partial charge on any atom is 0.325 e. The Morgan fingerprint density at radius 3 is 2.73 bits per heavy atom. The summed E-state index contributed by atoms with van der Waals surface area (Å²) in [7, 11) is 0. The first-order chi connectivity index (χ1) is 17.8. The van der Waals surface area contributed by atoms with Gasteiger partial charge in [0, 0.05) is 40.4 Å². The molecule has 2 aliphatic carbocycles. The van der Waals surface area contributed by atoms with E-state index in [1.807, 2.05) is 36.9 Å². The molecular formula is C28H34N5O4+. The van der Waals surface area contributed by atoms with Crippen molar-refractivity contribution in [2.45, 2.75) is 76.4 Å². The van der Waals surface area contributed by atoms with Gasteiger partial charge in [-0.05, 0) is 56.6 Å². The molecule has 0 saturated heterocycles. The third kappa shape index (κ3) is 5.39. The van der Waals surface area contributed by atoms with Crippen molar-refractivity contribution in [3.63, 3.8) is 0 Å². The number of aliphatic hydroxyl groups is 1. The molecule has 2 aliphatic rings. The predicted octanol–water partition coefficient (Wildman–Crippen LogP) is 4.49. The van der Waals surface area contributed by atoms with Gasteiger partial charge < -0.3 is 15.2 Å². The van der Waals surface area contributed by atoms with Gasteiger partial charge in [-0.15, -0.1) is 0 Å². The van der Waals surface area contributed by atoms with Gasteiger partial charge in [0.2, 0.25) is 5.69 Å². The van der Waals surface area contributed by atoms with Crippen molar-refractivity contribution >= 4 is 22.5 Å². The van der Waals surface area contributed by atoms with E-state index in [2.05, 4.69) is 11.4 Å². The molecule has 0 bridgehead atoms. The second-order valence-electron chi connectivity index (χ2n) is 10.8. The molecule has 2 saturated carbocycles. The molecule has 0 spiro atoms. The summed E-state index contributed by atoms with van der Waals surface area (Å²) in [6.45, 7) is 4.49. The average molecular weight is 505 g/mol. The van der Waals surface area contributed by atoms with Crippen molar-refractivity contribution in [1.82, 2.24) is 9.78 Å². The summed E-state index contributed by atoms with van der Waals surface area (Å²) in [6, 6.07) is 11.1. The number of nitriles is 1. The summed E-state index contributed by atoms with van der Waals surface area (Å²) in [5, 5.41) is 38.8. The van der Waals surface area contributed by atoms with Crippen LogP contribution >= 0.6 is 0 Å². The van der Waals surface area contributed by atoms with Crippen LogP contribution in [0, 0.1) is 17.2 Å². The van der Waals surface area contributed by atoms with Crippen molar-refractivity contribution in [3.05, 3.63) is 47.9 Å². The van der Waals surface area contributed by atoms with Gasteiger partial charge in [0.25, 0.3) is 0 Å². The zero-order valence-electron chi connectivity index (χ0n) is 21.4. The molecule has 2 heterocycles. The molecule has 9 nitrogen and oxygen atoms in total. The number of fused-ring (bicyclic) bond motifs is 1. The number of ether oxygens (including phenoxy) is 1. The second kappa shape index (κ2) is 10.0. The molecule has 0 aliphatic heterocycles. The first-order valence-corrected chi connectivity index (χ1v) is 13.1. The van der Waals surface area contributed by atoms with Gasteiger partial charge in [0.1, 0.15) is 5.75 Å². The van der Waals surface area contributed by atoms with E-state index in [-0.39, 0.29) is 24.1 Å². The van der Waals surface area contributed by atoms with Crippen LogP contribution in [0.3, 0.4) is 0 Å². The molecular weight excluding hydrogens is 470 g/mol. The van der Waals surface area contributed by atoms with Crippen LogP contribution in [0.25, 0.3) is 10.9 Å². The number of hydrogen-bond acceptors (Lipinski definition) is 6. The fourth-order valence-electron chi connectivity index (χ4n) is 5.01. The molecule has 1 aromatic carbocycles. The van der Waals surface area contributed by atoms with Gasteiger partial charge in [-0.25, -0.2) is 0 Å². The van der Waals surface area contributed by atoms with E-state index >= 15 is 0 Å². The van der Waals surface area contributed by atoms with Crippen molar-refractivity contribution in [1.29, 1.82) is 5.26 Å². The van der Waals surface area contributed by atoms with E-state index in [1.54, 1.807) is 18.2 Å². The predicted molar refractivity (Wildman–Crippen MR) is 137 cm³/mol. The molecule has 5 rings (SSSR count). The minimum Gasteiger partial charge on any atom is -0.491 e. The number of nitrogens with zero attached hydrogens (tertiary/aromatic N) is 4. The van der Waals surface area contributed by atoms with E-state index in [0.717, 1.165) is 41.3 Å². The Bertz CT molecular complexity index is 1350. The number of nitrogens with one attached hydrogen (secondary N) is 1. The Labute approximate surface area is 216 Å². The largest absolute Gasteiger partial charge is 0.491 e. The quantitative estimate of drug-likeness (QED) is 0.307. The van der Waals surface area contributed by atoms with Gasteiger partial charge in [-0.1, -0.05) is 13.8 Å². The fraction of sp³-hybridized carbons (Fsp3) is 0.500. The highest BCUT2D eigenvalue weighted by Gasteiger charge is 2.34. The van der Waals surface area contributed by atoms with Crippen molar-refractivity contribution in [3.8, 4) is 11.8 Å². The molecule has 0 radical (unpaired) electrons. The zero-order chi connectivity index (χ0) is 26.2. The average Bonchev–Trinajstić information content (AvgIpc) is 3.60. The van der Waals surface area contributed by atoms with Crippen molar-refractivity contribution < 1.29 is 24.6 Å². The van der Waals surface area contributed by atoms with E-state index in [1.165, 1.54) is 0 Å². The van der Waals surface area contributed by atoms with E-state index in [0.29, 0.717) is 42.5 Å². The van der Waals surface area contributed by atoms with Gasteiger partial charge in [-0.3, -0.25) is 14.7 Å². The van der Waals surface area contributed by atoms with Crippen molar-refractivity contribution in [2.75, 3.05) is 11.9 Å². The van der Waals surface area contributed by atoms with Crippen molar-refractivity contribution in [2.24, 2.45) is 5.92 Å². The SMILES string of the molecule is CC(C)c1cccc(C(=O)Nc2cc3cn([C@H]4CC[C@@](O)(CC#N)CC4)nc3cc2OCC2CC2)[n+]1O. The zero-order valence-corrected chi connectivity index (χ0v) is 21.4. The van der Waals surface area contributed by atoms with Crippen LogP contribution < -0.4 is 14.8 Å². The Kier molecular flexibility index (Phi) is 6.78. The number of hydrogen-bond donors (Lipinski definition) is 3. The van der Waals surface area contributed by atoms with Gasteiger partial charge in [0.15, 0.2) is 0 Å². The molecule has 194 valence electrons. The minimum atomic E-state index is -0.907. The van der Waals surface area contributed by atoms with E-state index in [4.69, 9.17) is 15.1 Å². The number of pyridine rings is 1. The Balaban J connectivity index is 1.42. The lowest BCUT2D eigenvalue weighted by Gasteiger charge is -2.34. The maximum atomic E-state index is 13.2. The van der Waals surface area contributed by atoms with E-state index < -0.39 is 11.5 Å². The van der Waals surface area contributed by atoms with Crippen LogP contribution in [0.1, 0.15) is 86.9 Å². The number of benzene rings is 1. The lowest BCUT2D eigenvalue weighted by Crippen LogP contribution is -2.43. The van der Waals surface area contributed by atoms with Crippen LogP contribution in [0.5, 0.6) is 5.75 Å². The number of anilines is 1. The fourth-order valence-corrected chi connectivity index (χ4v) is 5.01. The Morgan fingerprint density at radius 1 is 1.30 bits per heavy atom. The highest BCUT2D eigenvalue weighted by molar-refractivity contribution is 6.04. The molecule has 2 fully saturated rings. The summed E-state index contributed by atoms with van der Waals surface area (Å²) >= 11 is 0. The molecule has 3 aromatic rings. The summed E-state index contributed by atoms with van der Waals surface area (Å²) < 4.78 is 8.98. The van der Waals surface area contributed by atoms with Gasteiger partial charge >= 0.3 is 11.6 Å². The highest BCUT2D eigenvalue weighted by Crippen LogP contribution is 2.38. The summed E-state index contributed by atoms with van der Waals surface area (Å²) in [5.41, 5.74) is 1.17. The monoisotopic (exact) mass is 504 g/mol. The smallest absolute Gasteiger partial charge is 0.325 e.